The van der Waals surface area contributed by atoms with Crippen molar-refractivity contribution in [2.45, 2.75) is 6.17 Å². The minimum absolute atomic E-state index is 0.181. The van der Waals surface area contributed by atoms with Crippen molar-refractivity contribution in [1.29, 1.82) is 0 Å². The van der Waals surface area contributed by atoms with E-state index in [0.717, 1.165) is 11.3 Å². The molecule has 2 N–H and O–H groups in total. The molecule has 1 atom stereocenters. The minimum atomic E-state index is -0.181. The van der Waals surface area contributed by atoms with Gasteiger partial charge in [-0.3, -0.25) is 10.4 Å². The highest BCUT2D eigenvalue weighted by atomic mass is 35.5. The van der Waals surface area contributed by atoms with Crippen LogP contribution in [0.15, 0.2) is 42.7 Å². The number of halogens is 1. The van der Waals surface area contributed by atoms with E-state index in [1.54, 1.807) is 34.5 Å². The Morgan fingerprint density at radius 3 is 2.15 bits per heavy atom. The van der Waals surface area contributed by atoms with Crippen LogP contribution in [0.5, 0.6) is 23.0 Å². The zero-order valence-electron chi connectivity index (χ0n) is 15.6. The lowest BCUT2D eigenvalue weighted by molar-refractivity contribution is 0.312. The third-order valence-electron chi connectivity index (χ3n) is 4.18. The molecule has 8 heteroatoms. The predicted octanol–water partition coefficient (Wildman–Crippen LogP) is 3.78. The van der Waals surface area contributed by atoms with Gasteiger partial charge < -0.3 is 24.3 Å². The van der Waals surface area contributed by atoms with E-state index in [9.17, 15) is 0 Å². The van der Waals surface area contributed by atoms with E-state index < -0.39 is 0 Å². The van der Waals surface area contributed by atoms with E-state index >= 15 is 0 Å². The average molecular weight is 392 g/mol. The molecule has 1 heterocycles. The van der Waals surface area contributed by atoms with Crippen LogP contribution in [0.25, 0.3) is 0 Å². The maximum atomic E-state index is 6.22. The summed E-state index contributed by atoms with van der Waals surface area (Å²) in [5.74, 6) is 2.36. The zero-order valence-corrected chi connectivity index (χ0v) is 16.3. The molecule has 7 nitrogen and oxygen atoms in total. The SMILES string of the molecule is COc1ccc(NN2C=CNC2c2cc(OC)c(OC)c(OC)c2)cc1Cl. The maximum absolute atomic E-state index is 6.22. The molecule has 0 bridgehead atoms. The molecule has 1 aliphatic rings. The van der Waals surface area contributed by atoms with Crippen molar-refractivity contribution < 1.29 is 18.9 Å². The third-order valence-corrected chi connectivity index (χ3v) is 4.48. The van der Waals surface area contributed by atoms with Gasteiger partial charge in [0, 0.05) is 18.0 Å². The van der Waals surface area contributed by atoms with Gasteiger partial charge in [0.25, 0.3) is 0 Å². The predicted molar refractivity (Wildman–Crippen MR) is 105 cm³/mol. The second kappa shape index (κ2) is 8.18. The largest absolute Gasteiger partial charge is 0.495 e. The molecule has 1 unspecified atom stereocenters. The first-order chi connectivity index (χ1) is 13.1. The van der Waals surface area contributed by atoms with Crippen molar-refractivity contribution in [1.82, 2.24) is 10.3 Å². The highest BCUT2D eigenvalue weighted by Crippen LogP contribution is 2.41. The molecule has 3 rings (SSSR count). The van der Waals surface area contributed by atoms with Gasteiger partial charge in [-0.1, -0.05) is 11.6 Å². The summed E-state index contributed by atoms with van der Waals surface area (Å²) >= 11 is 6.22. The lowest BCUT2D eigenvalue weighted by Gasteiger charge is -2.28. The molecule has 27 heavy (non-hydrogen) atoms. The lowest BCUT2D eigenvalue weighted by atomic mass is 10.1. The van der Waals surface area contributed by atoms with Gasteiger partial charge in [0.2, 0.25) is 5.75 Å². The first-order valence-corrected chi connectivity index (χ1v) is 8.60. The van der Waals surface area contributed by atoms with Crippen LogP contribution >= 0.6 is 11.6 Å². The van der Waals surface area contributed by atoms with Crippen LogP contribution in [0.2, 0.25) is 5.02 Å². The zero-order chi connectivity index (χ0) is 19.4. The maximum Gasteiger partial charge on any atom is 0.203 e. The van der Waals surface area contributed by atoms with E-state index in [0.29, 0.717) is 28.0 Å². The van der Waals surface area contributed by atoms with Crippen molar-refractivity contribution in [3.63, 3.8) is 0 Å². The van der Waals surface area contributed by atoms with Crippen LogP contribution in [0.4, 0.5) is 5.69 Å². The number of nitrogens with zero attached hydrogens (tertiary/aromatic N) is 1. The molecule has 2 aromatic carbocycles. The van der Waals surface area contributed by atoms with Crippen LogP contribution in [-0.2, 0) is 0 Å². The standard InChI is InChI=1S/C19H22ClN3O4/c1-24-15-6-5-13(11-14(15)20)22-23-8-7-21-19(23)12-9-16(25-2)18(27-4)17(10-12)26-3/h5-11,19,21-22H,1-4H3. The highest BCUT2D eigenvalue weighted by Gasteiger charge is 2.24. The fourth-order valence-corrected chi connectivity index (χ4v) is 3.14. The van der Waals surface area contributed by atoms with E-state index in [1.165, 1.54) is 0 Å². The number of hydrogen-bond donors (Lipinski definition) is 2. The summed E-state index contributed by atoms with van der Waals surface area (Å²) in [6.07, 6.45) is 3.57. The minimum Gasteiger partial charge on any atom is -0.495 e. The number of ether oxygens (including phenoxy) is 4. The summed E-state index contributed by atoms with van der Waals surface area (Å²) < 4.78 is 21.5. The quantitative estimate of drug-likeness (QED) is 0.744. The summed E-state index contributed by atoms with van der Waals surface area (Å²) in [6.45, 7) is 0. The fraction of sp³-hybridized carbons (Fsp3) is 0.263. The Bertz CT molecular complexity index is 819. The van der Waals surface area contributed by atoms with Crippen molar-refractivity contribution >= 4 is 17.3 Å². The van der Waals surface area contributed by atoms with E-state index in [2.05, 4.69) is 10.7 Å². The van der Waals surface area contributed by atoms with Crippen molar-refractivity contribution in [3.8, 4) is 23.0 Å². The molecule has 1 aliphatic heterocycles. The van der Waals surface area contributed by atoms with Crippen molar-refractivity contribution in [3.05, 3.63) is 53.3 Å². The first kappa shape index (κ1) is 18.8. The molecule has 0 aromatic heterocycles. The molecular formula is C19H22ClN3O4. The number of nitrogens with one attached hydrogen (secondary N) is 2. The number of anilines is 1. The first-order valence-electron chi connectivity index (χ1n) is 8.22. The van der Waals surface area contributed by atoms with E-state index in [4.69, 9.17) is 30.5 Å². The summed E-state index contributed by atoms with van der Waals surface area (Å²) in [5, 5.41) is 5.74. The molecule has 0 spiro atoms. The number of hydrazine groups is 1. The Labute approximate surface area is 163 Å². The van der Waals surface area contributed by atoms with Gasteiger partial charge in [0.15, 0.2) is 11.5 Å². The average Bonchev–Trinajstić information content (AvgIpc) is 3.15. The second-order valence-corrected chi connectivity index (χ2v) is 6.12. The molecule has 0 aliphatic carbocycles. The van der Waals surface area contributed by atoms with Gasteiger partial charge in [-0.15, -0.1) is 0 Å². The van der Waals surface area contributed by atoms with Gasteiger partial charge >= 0.3 is 0 Å². The van der Waals surface area contributed by atoms with Gasteiger partial charge in [0.05, 0.1) is 39.1 Å². The highest BCUT2D eigenvalue weighted by molar-refractivity contribution is 6.32. The molecule has 0 saturated heterocycles. The Hall–Kier alpha value is -2.93. The van der Waals surface area contributed by atoms with Crippen molar-refractivity contribution in [2.75, 3.05) is 33.9 Å². The summed E-state index contributed by atoms with van der Waals surface area (Å²) in [6, 6.07) is 9.32. The Morgan fingerprint density at radius 1 is 0.926 bits per heavy atom. The summed E-state index contributed by atoms with van der Waals surface area (Å²) in [5.41, 5.74) is 5.07. The van der Waals surface area contributed by atoms with Crippen LogP contribution < -0.4 is 29.7 Å². The van der Waals surface area contributed by atoms with Crippen LogP contribution in [0, 0.1) is 0 Å². The van der Waals surface area contributed by atoms with Crippen LogP contribution in [0.3, 0.4) is 0 Å². The lowest BCUT2D eigenvalue weighted by Crippen LogP contribution is -2.31. The number of methoxy groups -OCH3 is 4. The Kier molecular flexibility index (Phi) is 5.71. The third kappa shape index (κ3) is 3.78. The van der Waals surface area contributed by atoms with Gasteiger partial charge in [0.1, 0.15) is 11.9 Å². The topological polar surface area (TPSA) is 64.2 Å². The second-order valence-electron chi connectivity index (χ2n) is 5.71. The molecule has 0 fully saturated rings. The van der Waals surface area contributed by atoms with Gasteiger partial charge in [-0.2, -0.15) is 0 Å². The molecule has 2 aromatic rings. The molecule has 0 amide bonds. The van der Waals surface area contributed by atoms with E-state index in [-0.39, 0.29) is 6.17 Å². The molecule has 0 saturated carbocycles. The summed E-state index contributed by atoms with van der Waals surface area (Å²) in [4.78, 5) is 0. The number of hydrogen-bond acceptors (Lipinski definition) is 7. The molecular weight excluding hydrogens is 370 g/mol. The normalized spacial score (nSPS) is 15.3. The van der Waals surface area contributed by atoms with Crippen LogP contribution in [-0.4, -0.2) is 33.4 Å². The van der Waals surface area contributed by atoms with Gasteiger partial charge in [-0.05, 0) is 30.3 Å². The fourth-order valence-electron chi connectivity index (χ4n) is 2.88. The van der Waals surface area contributed by atoms with Crippen LogP contribution in [0.1, 0.15) is 11.7 Å². The number of benzene rings is 2. The molecule has 0 radical (unpaired) electrons. The monoisotopic (exact) mass is 391 g/mol. The van der Waals surface area contributed by atoms with E-state index in [1.807, 2.05) is 41.7 Å². The Balaban J connectivity index is 1.87. The van der Waals surface area contributed by atoms with Crippen molar-refractivity contribution in [2.24, 2.45) is 0 Å². The number of rotatable bonds is 7. The van der Waals surface area contributed by atoms with Gasteiger partial charge in [-0.25, -0.2) is 0 Å². The Morgan fingerprint density at radius 2 is 1.59 bits per heavy atom. The smallest absolute Gasteiger partial charge is 0.203 e. The molecule has 144 valence electrons. The summed E-state index contributed by atoms with van der Waals surface area (Å²) in [7, 11) is 6.35.